The van der Waals surface area contributed by atoms with Crippen LogP contribution in [0.1, 0.15) is 40.5 Å². The standard InChI is InChI=1S/C12H26NO/c1-11(2)9-13(7-5-6-8-13)10-14-12(3)4/h11-12H,5-10H2,1-4H3/q+1. The number of quaternary nitrogens is 1. The van der Waals surface area contributed by atoms with Crippen LogP contribution in [0.4, 0.5) is 0 Å². The lowest BCUT2D eigenvalue weighted by atomic mass is 10.2. The Labute approximate surface area is 88.8 Å². The molecule has 1 fully saturated rings. The lowest BCUT2D eigenvalue weighted by Gasteiger charge is -2.35. The van der Waals surface area contributed by atoms with Gasteiger partial charge in [-0.15, -0.1) is 0 Å². The number of likely N-dealkylation sites (tertiary alicyclic amines) is 1. The Morgan fingerprint density at radius 2 is 1.64 bits per heavy atom. The largest absolute Gasteiger partial charge is 0.329 e. The van der Waals surface area contributed by atoms with E-state index in [1.54, 1.807) is 0 Å². The molecule has 0 spiro atoms. The zero-order chi connectivity index (χ0) is 10.6. The van der Waals surface area contributed by atoms with E-state index >= 15 is 0 Å². The molecule has 0 saturated carbocycles. The van der Waals surface area contributed by atoms with Gasteiger partial charge in [0.25, 0.3) is 0 Å². The molecule has 0 amide bonds. The highest BCUT2D eigenvalue weighted by molar-refractivity contribution is 4.55. The molecule has 14 heavy (non-hydrogen) atoms. The fourth-order valence-electron chi connectivity index (χ4n) is 2.45. The summed E-state index contributed by atoms with van der Waals surface area (Å²) in [7, 11) is 0. The molecule has 0 aliphatic carbocycles. The van der Waals surface area contributed by atoms with Gasteiger partial charge in [0, 0.05) is 18.8 Å². The van der Waals surface area contributed by atoms with Crippen LogP contribution in [0.2, 0.25) is 0 Å². The van der Waals surface area contributed by atoms with Crippen molar-refractivity contribution in [3.63, 3.8) is 0 Å². The lowest BCUT2D eigenvalue weighted by molar-refractivity contribution is -0.938. The molecule has 0 aromatic carbocycles. The van der Waals surface area contributed by atoms with Crippen molar-refractivity contribution < 1.29 is 9.22 Å². The van der Waals surface area contributed by atoms with E-state index < -0.39 is 0 Å². The summed E-state index contributed by atoms with van der Waals surface area (Å²) in [6, 6.07) is 0. The Bertz CT molecular complexity index is 160. The van der Waals surface area contributed by atoms with Crippen LogP contribution in [-0.4, -0.2) is 37.0 Å². The van der Waals surface area contributed by atoms with Gasteiger partial charge in [-0.05, 0) is 13.8 Å². The monoisotopic (exact) mass is 200 g/mol. The quantitative estimate of drug-likeness (QED) is 0.620. The number of hydrogen-bond donors (Lipinski definition) is 0. The van der Waals surface area contributed by atoms with Gasteiger partial charge >= 0.3 is 0 Å². The van der Waals surface area contributed by atoms with Gasteiger partial charge in [-0.3, -0.25) is 0 Å². The highest BCUT2D eigenvalue weighted by atomic mass is 16.5. The molecule has 0 N–H and O–H groups in total. The molecule has 2 heteroatoms. The normalized spacial score (nSPS) is 21.0. The molecule has 1 rings (SSSR count). The Hall–Kier alpha value is -0.0800. The van der Waals surface area contributed by atoms with Crippen LogP contribution < -0.4 is 0 Å². The summed E-state index contributed by atoms with van der Waals surface area (Å²) in [5.74, 6) is 0.781. The third-order valence-electron chi connectivity index (χ3n) is 2.95. The zero-order valence-corrected chi connectivity index (χ0v) is 10.3. The maximum Gasteiger partial charge on any atom is 0.183 e. The molecular weight excluding hydrogens is 174 g/mol. The SMILES string of the molecule is CC(C)C[N+]1(COC(C)C)CCCC1. The minimum absolute atomic E-state index is 0.373. The van der Waals surface area contributed by atoms with Gasteiger partial charge in [0.2, 0.25) is 0 Å². The van der Waals surface area contributed by atoms with Crippen LogP contribution in [0.3, 0.4) is 0 Å². The molecule has 2 nitrogen and oxygen atoms in total. The second-order valence-electron chi connectivity index (χ2n) is 5.42. The van der Waals surface area contributed by atoms with Crippen LogP contribution >= 0.6 is 0 Å². The minimum Gasteiger partial charge on any atom is -0.329 e. The van der Waals surface area contributed by atoms with Crippen LogP contribution in [0.15, 0.2) is 0 Å². The molecule has 0 radical (unpaired) electrons. The van der Waals surface area contributed by atoms with Crippen molar-refractivity contribution in [1.29, 1.82) is 0 Å². The van der Waals surface area contributed by atoms with Gasteiger partial charge in [-0.25, -0.2) is 0 Å². The van der Waals surface area contributed by atoms with E-state index in [0.717, 1.165) is 12.6 Å². The van der Waals surface area contributed by atoms with Gasteiger partial charge < -0.3 is 9.22 Å². The molecule has 0 aromatic rings. The van der Waals surface area contributed by atoms with Gasteiger partial charge in [0.1, 0.15) is 0 Å². The first-order valence-electron chi connectivity index (χ1n) is 6.01. The third kappa shape index (κ3) is 3.58. The van der Waals surface area contributed by atoms with E-state index in [4.69, 9.17) is 4.74 Å². The van der Waals surface area contributed by atoms with Crippen LogP contribution in [0.25, 0.3) is 0 Å². The number of nitrogens with zero attached hydrogens (tertiary/aromatic N) is 1. The number of ether oxygens (including phenoxy) is 1. The summed E-state index contributed by atoms with van der Waals surface area (Å²) >= 11 is 0. The van der Waals surface area contributed by atoms with E-state index in [2.05, 4.69) is 27.7 Å². The van der Waals surface area contributed by atoms with E-state index in [9.17, 15) is 0 Å². The third-order valence-corrected chi connectivity index (χ3v) is 2.95. The number of hydrogen-bond acceptors (Lipinski definition) is 1. The van der Waals surface area contributed by atoms with Gasteiger partial charge in [0.15, 0.2) is 6.73 Å². The summed E-state index contributed by atoms with van der Waals surface area (Å²) in [5.41, 5.74) is 0. The van der Waals surface area contributed by atoms with Crippen molar-refractivity contribution in [3.05, 3.63) is 0 Å². The molecule has 0 atom stereocenters. The first-order chi connectivity index (χ1) is 6.54. The predicted octanol–water partition coefficient (Wildman–Crippen LogP) is 2.64. The second kappa shape index (κ2) is 5.13. The van der Waals surface area contributed by atoms with Crippen molar-refractivity contribution in [2.24, 2.45) is 5.92 Å². The smallest absolute Gasteiger partial charge is 0.183 e. The minimum atomic E-state index is 0.373. The van der Waals surface area contributed by atoms with E-state index in [-0.39, 0.29) is 0 Å². The fourth-order valence-corrected chi connectivity index (χ4v) is 2.45. The van der Waals surface area contributed by atoms with Crippen molar-refractivity contribution in [2.75, 3.05) is 26.4 Å². The average Bonchev–Trinajstić information content (AvgIpc) is 2.49. The molecule has 1 aliphatic rings. The Balaban J connectivity index is 2.44. The summed E-state index contributed by atoms with van der Waals surface area (Å²) in [4.78, 5) is 0. The molecular formula is C12H26NO+. The summed E-state index contributed by atoms with van der Waals surface area (Å²) < 4.78 is 7.01. The van der Waals surface area contributed by atoms with E-state index in [1.807, 2.05) is 0 Å². The van der Waals surface area contributed by atoms with Gasteiger partial charge in [-0.1, -0.05) is 13.8 Å². The molecule has 1 saturated heterocycles. The van der Waals surface area contributed by atoms with Gasteiger partial charge in [0.05, 0.1) is 25.7 Å². The molecule has 84 valence electrons. The molecule has 0 aromatic heterocycles. The Morgan fingerprint density at radius 3 is 2.07 bits per heavy atom. The molecule has 0 unspecified atom stereocenters. The lowest BCUT2D eigenvalue weighted by Crippen LogP contribution is -2.49. The first-order valence-corrected chi connectivity index (χ1v) is 6.01. The number of rotatable bonds is 5. The highest BCUT2D eigenvalue weighted by Crippen LogP contribution is 2.21. The maximum absolute atomic E-state index is 5.80. The van der Waals surface area contributed by atoms with E-state index in [0.29, 0.717) is 6.10 Å². The van der Waals surface area contributed by atoms with Crippen molar-refractivity contribution in [2.45, 2.75) is 46.6 Å². The van der Waals surface area contributed by atoms with Crippen molar-refractivity contribution >= 4 is 0 Å². The van der Waals surface area contributed by atoms with E-state index in [1.165, 1.54) is 37.0 Å². The molecule has 1 heterocycles. The maximum atomic E-state index is 5.80. The fraction of sp³-hybridized carbons (Fsp3) is 1.00. The van der Waals surface area contributed by atoms with Crippen molar-refractivity contribution in [1.82, 2.24) is 0 Å². The highest BCUT2D eigenvalue weighted by Gasteiger charge is 2.32. The summed E-state index contributed by atoms with van der Waals surface area (Å²) in [5, 5.41) is 0. The molecule has 0 bridgehead atoms. The predicted molar refractivity (Wildman–Crippen MR) is 60.0 cm³/mol. The second-order valence-corrected chi connectivity index (χ2v) is 5.42. The topological polar surface area (TPSA) is 9.23 Å². The van der Waals surface area contributed by atoms with Crippen LogP contribution in [0.5, 0.6) is 0 Å². The summed E-state index contributed by atoms with van der Waals surface area (Å²) in [6.07, 6.45) is 3.14. The average molecular weight is 200 g/mol. The zero-order valence-electron chi connectivity index (χ0n) is 10.3. The van der Waals surface area contributed by atoms with Crippen molar-refractivity contribution in [3.8, 4) is 0 Å². The van der Waals surface area contributed by atoms with Crippen LogP contribution in [0, 0.1) is 5.92 Å². The summed E-state index contributed by atoms with van der Waals surface area (Å²) in [6.45, 7) is 13.7. The first kappa shape index (κ1) is 12.0. The Morgan fingerprint density at radius 1 is 1.07 bits per heavy atom. The van der Waals surface area contributed by atoms with Gasteiger partial charge in [-0.2, -0.15) is 0 Å². The molecule has 1 aliphatic heterocycles. The van der Waals surface area contributed by atoms with Crippen LogP contribution in [-0.2, 0) is 4.74 Å². The Kier molecular flexibility index (Phi) is 4.39.